The molecule has 1 saturated heterocycles. The van der Waals surface area contributed by atoms with Crippen molar-refractivity contribution < 1.29 is 9.53 Å². The fraction of sp³-hybridized carbons (Fsp3) is 0.409. The van der Waals surface area contributed by atoms with Gasteiger partial charge in [0.05, 0.1) is 13.7 Å². The Labute approximate surface area is 161 Å². The van der Waals surface area contributed by atoms with E-state index in [1.165, 1.54) is 18.4 Å². The Bertz CT molecular complexity index is 757. The van der Waals surface area contributed by atoms with Crippen LogP contribution in [0.2, 0.25) is 0 Å². The largest absolute Gasteiger partial charge is 0.497 e. The van der Waals surface area contributed by atoms with Gasteiger partial charge in [-0.25, -0.2) is 0 Å². The van der Waals surface area contributed by atoms with Crippen molar-refractivity contribution in [3.8, 4) is 5.75 Å². The van der Waals surface area contributed by atoms with Gasteiger partial charge in [-0.3, -0.25) is 9.69 Å². The van der Waals surface area contributed by atoms with Crippen LogP contribution in [0.1, 0.15) is 36.9 Å². The van der Waals surface area contributed by atoms with E-state index in [2.05, 4.69) is 34.6 Å². The number of carbonyl (C=O) groups excluding carboxylic acids is 1. The molecule has 2 aromatic rings. The molecule has 0 saturated carbocycles. The second-order valence-corrected chi connectivity index (χ2v) is 7.11. The van der Waals surface area contributed by atoms with Crippen LogP contribution in [0.25, 0.3) is 0 Å². The highest BCUT2D eigenvalue weighted by atomic mass is 16.5. The Hall–Kier alpha value is -2.37. The summed E-state index contributed by atoms with van der Waals surface area (Å²) in [6.45, 7) is 5.40. The summed E-state index contributed by atoms with van der Waals surface area (Å²) in [6.07, 6.45) is 2.39. The van der Waals surface area contributed by atoms with E-state index in [1.807, 2.05) is 36.4 Å². The molecular weight excluding hydrogens is 338 g/mol. The summed E-state index contributed by atoms with van der Waals surface area (Å²) in [5.74, 6) is 0.926. The average molecular weight is 367 g/mol. The topological polar surface area (TPSA) is 53.6 Å². The Kier molecular flexibility index (Phi) is 6.85. The smallest absolute Gasteiger partial charge is 0.238 e. The van der Waals surface area contributed by atoms with E-state index in [0.717, 1.165) is 36.6 Å². The van der Waals surface area contributed by atoms with Gasteiger partial charge in [0.25, 0.3) is 0 Å². The first-order valence-corrected chi connectivity index (χ1v) is 9.62. The van der Waals surface area contributed by atoms with E-state index in [9.17, 15) is 4.79 Å². The number of likely N-dealkylation sites (tertiary alicyclic amines) is 1. The molecule has 5 heteroatoms. The Balaban J connectivity index is 1.53. The summed E-state index contributed by atoms with van der Waals surface area (Å²) >= 11 is 0. The summed E-state index contributed by atoms with van der Waals surface area (Å²) in [5.41, 5.74) is 3.18. The summed E-state index contributed by atoms with van der Waals surface area (Å²) in [5, 5.41) is 6.55. The third kappa shape index (κ3) is 5.81. The van der Waals surface area contributed by atoms with E-state index in [-0.39, 0.29) is 11.9 Å². The molecular formula is C22H29N3O2. The highest BCUT2D eigenvalue weighted by molar-refractivity contribution is 5.92. The quantitative estimate of drug-likeness (QED) is 0.749. The number of rotatable bonds is 8. The minimum Gasteiger partial charge on any atom is -0.497 e. The number of nitrogens with one attached hydrogen (secondary N) is 2. The molecule has 1 aliphatic heterocycles. The molecule has 0 aliphatic carbocycles. The highest BCUT2D eigenvalue weighted by Gasteiger charge is 2.15. The number of hydrogen-bond donors (Lipinski definition) is 2. The molecule has 144 valence electrons. The minimum absolute atomic E-state index is 0.0618. The number of methoxy groups -OCH3 is 1. The Morgan fingerprint density at radius 3 is 2.70 bits per heavy atom. The van der Waals surface area contributed by atoms with Crippen molar-refractivity contribution in [3.05, 3.63) is 59.7 Å². The molecule has 2 N–H and O–H groups in total. The number of anilines is 1. The maximum Gasteiger partial charge on any atom is 0.238 e. The van der Waals surface area contributed by atoms with Crippen LogP contribution in [-0.2, 0) is 11.3 Å². The molecule has 2 aromatic carbocycles. The third-order valence-electron chi connectivity index (χ3n) is 4.98. The zero-order valence-electron chi connectivity index (χ0n) is 16.2. The molecule has 3 rings (SSSR count). The molecule has 5 nitrogen and oxygen atoms in total. The molecule has 0 aromatic heterocycles. The Morgan fingerprint density at radius 2 is 1.93 bits per heavy atom. The number of benzene rings is 2. The SMILES string of the molecule is COc1cccc([C@@H](C)NCc2cccc(NC(=O)CN3CCCC3)c2)c1. The lowest BCUT2D eigenvalue weighted by molar-refractivity contribution is -0.117. The van der Waals surface area contributed by atoms with Gasteiger partial charge in [0.1, 0.15) is 5.75 Å². The van der Waals surface area contributed by atoms with E-state index in [4.69, 9.17) is 4.74 Å². The fourth-order valence-corrected chi connectivity index (χ4v) is 3.40. The number of nitrogens with zero attached hydrogens (tertiary/aromatic N) is 1. The minimum atomic E-state index is 0.0618. The van der Waals surface area contributed by atoms with E-state index >= 15 is 0 Å². The second-order valence-electron chi connectivity index (χ2n) is 7.11. The van der Waals surface area contributed by atoms with E-state index in [1.54, 1.807) is 7.11 Å². The summed E-state index contributed by atoms with van der Waals surface area (Å²) in [7, 11) is 1.68. The van der Waals surface area contributed by atoms with Crippen LogP contribution in [0.4, 0.5) is 5.69 Å². The second kappa shape index (κ2) is 9.53. The molecule has 0 unspecified atom stereocenters. The predicted octanol–water partition coefficient (Wildman–Crippen LogP) is 3.58. The standard InChI is InChI=1S/C22H29N3O2/c1-17(19-8-6-10-21(14-19)27-2)23-15-18-7-5-9-20(13-18)24-22(26)16-25-11-3-4-12-25/h5-10,13-14,17,23H,3-4,11-12,15-16H2,1-2H3,(H,24,26)/t17-/m1/s1. The number of hydrogen-bond acceptors (Lipinski definition) is 4. The van der Waals surface area contributed by atoms with Gasteiger partial charge in [-0.1, -0.05) is 24.3 Å². The molecule has 1 fully saturated rings. The summed E-state index contributed by atoms with van der Waals surface area (Å²) < 4.78 is 5.30. The predicted molar refractivity (Wildman–Crippen MR) is 109 cm³/mol. The van der Waals surface area contributed by atoms with Gasteiger partial charge < -0.3 is 15.4 Å². The summed E-state index contributed by atoms with van der Waals surface area (Å²) in [4.78, 5) is 14.4. The van der Waals surface area contributed by atoms with Crippen LogP contribution in [-0.4, -0.2) is 37.6 Å². The van der Waals surface area contributed by atoms with Gasteiger partial charge in [0, 0.05) is 18.3 Å². The first-order valence-electron chi connectivity index (χ1n) is 9.62. The van der Waals surface area contributed by atoms with Crippen molar-refractivity contribution in [1.29, 1.82) is 0 Å². The molecule has 0 bridgehead atoms. The van der Waals surface area contributed by atoms with Gasteiger partial charge in [0.2, 0.25) is 5.91 Å². The van der Waals surface area contributed by atoms with Crippen LogP contribution >= 0.6 is 0 Å². The maximum absolute atomic E-state index is 12.2. The lowest BCUT2D eigenvalue weighted by Crippen LogP contribution is -2.30. The van der Waals surface area contributed by atoms with Crippen molar-refractivity contribution >= 4 is 11.6 Å². The van der Waals surface area contributed by atoms with Gasteiger partial charge in [-0.15, -0.1) is 0 Å². The molecule has 1 atom stereocenters. The van der Waals surface area contributed by atoms with Gasteiger partial charge in [0.15, 0.2) is 0 Å². The molecule has 0 spiro atoms. The third-order valence-corrected chi connectivity index (χ3v) is 4.98. The first-order chi connectivity index (χ1) is 13.1. The molecule has 1 heterocycles. The maximum atomic E-state index is 12.2. The molecule has 0 radical (unpaired) electrons. The van der Waals surface area contributed by atoms with Gasteiger partial charge in [-0.2, -0.15) is 0 Å². The van der Waals surface area contributed by atoms with Crippen molar-refractivity contribution in [2.45, 2.75) is 32.4 Å². The average Bonchev–Trinajstić information content (AvgIpc) is 3.19. The molecule has 27 heavy (non-hydrogen) atoms. The molecule has 1 aliphatic rings. The normalized spacial score (nSPS) is 15.5. The zero-order chi connectivity index (χ0) is 19.1. The first kappa shape index (κ1) is 19.4. The van der Waals surface area contributed by atoms with Crippen LogP contribution < -0.4 is 15.4 Å². The van der Waals surface area contributed by atoms with Crippen LogP contribution in [0.15, 0.2) is 48.5 Å². The monoisotopic (exact) mass is 367 g/mol. The highest BCUT2D eigenvalue weighted by Crippen LogP contribution is 2.19. The van der Waals surface area contributed by atoms with Crippen molar-refractivity contribution in [2.24, 2.45) is 0 Å². The van der Waals surface area contributed by atoms with Crippen molar-refractivity contribution in [2.75, 3.05) is 32.1 Å². The van der Waals surface area contributed by atoms with E-state index < -0.39 is 0 Å². The number of ether oxygens (including phenoxy) is 1. The van der Waals surface area contributed by atoms with Gasteiger partial charge in [-0.05, 0) is 68.2 Å². The lowest BCUT2D eigenvalue weighted by atomic mass is 10.1. The number of amides is 1. The van der Waals surface area contributed by atoms with Crippen molar-refractivity contribution in [3.63, 3.8) is 0 Å². The van der Waals surface area contributed by atoms with Crippen molar-refractivity contribution in [1.82, 2.24) is 10.2 Å². The van der Waals surface area contributed by atoms with Crippen LogP contribution in [0.5, 0.6) is 5.75 Å². The van der Waals surface area contributed by atoms with Crippen LogP contribution in [0, 0.1) is 0 Å². The Morgan fingerprint density at radius 1 is 1.15 bits per heavy atom. The zero-order valence-corrected chi connectivity index (χ0v) is 16.2. The van der Waals surface area contributed by atoms with E-state index in [0.29, 0.717) is 6.54 Å². The fourth-order valence-electron chi connectivity index (χ4n) is 3.40. The molecule has 1 amide bonds. The van der Waals surface area contributed by atoms with Crippen LogP contribution in [0.3, 0.4) is 0 Å². The summed E-state index contributed by atoms with van der Waals surface area (Å²) in [6, 6.07) is 16.3. The van der Waals surface area contributed by atoms with Gasteiger partial charge >= 0.3 is 0 Å². The lowest BCUT2D eigenvalue weighted by Gasteiger charge is -2.16. The number of carbonyl (C=O) groups is 1.